The van der Waals surface area contributed by atoms with Gasteiger partial charge < -0.3 is 15.1 Å². The molecule has 5 nitrogen and oxygen atoms in total. The van der Waals surface area contributed by atoms with E-state index in [1.807, 2.05) is 30.3 Å². The molecule has 0 aliphatic heterocycles. The molecular weight excluding hydrogens is 326 g/mol. The molecule has 1 fully saturated rings. The van der Waals surface area contributed by atoms with Crippen LogP contribution in [0.1, 0.15) is 28.1 Å². The second kappa shape index (κ2) is 6.37. The summed E-state index contributed by atoms with van der Waals surface area (Å²) in [5.41, 5.74) is 2.12. The van der Waals surface area contributed by atoms with Gasteiger partial charge in [-0.15, -0.1) is 11.3 Å². The van der Waals surface area contributed by atoms with Crippen LogP contribution in [0, 0.1) is 0 Å². The van der Waals surface area contributed by atoms with Crippen molar-refractivity contribution in [1.82, 2.24) is 4.90 Å². The topological polar surface area (TPSA) is 77.8 Å². The van der Waals surface area contributed by atoms with Crippen LogP contribution in [0.15, 0.2) is 36.4 Å². The third-order valence-electron chi connectivity index (χ3n) is 4.47. The van der Waals surface area contributed by atoms with Gasteiger partial charge in [-0.05, 0) is 36.1 Å². The van der Waals surface area contributed by atoms with Crippen molar-refractivity contribution >= 4 is 23.2 Å². The predicted molar refractivity (Wildman–Crippen MR) is 92.3 cm³/mol. The maximum atomic E-state index is 12.2. The maximum absolute atomic E-state index is 12.2. The lowest BCUT2D eigenvalue weighted by Crippen LogP contribution is -2.31. The van der Waals surface area contributed by atoms with Crippen molar-refractivity contribution in [2.45, 2.75) is 18.3 Å². The van der Waals surface area contributed by atoms with E-state index < -0.39 is 5.97 Å². The highest BCUT2D eigenvalue weighted by atomic mass is 32.1. The SMILES string of the molecule is CN(CC(=O)O)C(=O)c1ccc(-c2ccc(C3(CO)CC3)cc2)s1. The van der Waals surface area contributed by atoms with E-state index in [1.165, 1.54) is 23.3 Å². The van der Waals surface area contributed by atoms with Crippen molar-refractivity contribution in [3.05, 3.63) is 46.8 Å². The second-order valence-corrected chi connectivity index (χ2v) is 7.32. The lowest BCUT2D eigenvalue weighted by atomic mass is 9.96. The van der Waals surface area contributed by atoms with E-state index in [4.69, 9.17) is 5.11 Å². The summed E-state index contributed by atoms with van der Waals surface area (Å²) in [6, 6.07) is 11.7. The molecule has 2 aromatic rings. The highest BCUT2D eigenvalue weighted by Crippen LogP contribution is 2.48. The Kier molecular flexibility index (Phi) is 4.43. The van der Waals surface area contributed by atoms with Gasteiger partial charge >= 0.3 is 5.97 Å². The lowest BCUT2D eigenvalue weighted by molar-refractivity contribution is -0.137. The molecule has 0 radical (unpaired) electrons. The predicted octanol–water partition coefficient (Wildman–Crippen LogP) is 2.60. The molecule has 0 bridgehead atoms. The minimum Gasteiger partial charge on any atom is -0.480 e. The van der Waals surface area contributed by atoms with Gasteiger partial charge in [0.25, 0.3) is 5.91 Å². The van der Waals surface area contributed by atoms with Crippen molar-refractivity contribution in [3.63, 3.8) is 0 Å². The molecule has 1 aromatic carbocycles. The summed E-state index contributed by atoms with van der Waals surface area (Å²) in [7, 11) is 1.48. The van der Waals surface area contributed by atoms with Crippen molar-refractivity contribution in [3.8, 4) is 10.4 Å². The van der Waals surface area contributed by atoms with Crippen LogP contribution in [0.25, 0.3) is 10.4 Å². The largest absolute Gasteiger partial charge is 0.480 e. The zero-order valence-electron chi connectivity index (χ0n) is 13.4. The van der Waals surface area contributed by atoms with E-state index in [9.17, 15) is 14.7 Å². The molecule has 0 spiro atoms. The monoisotopic (exact) mass is 345 g/mol. The van der Waals surface area contributed by atoms with Crippen LogP contribution in [-0.4, -0.2) is 47.2 Å². The van der Waals surface area contributed by atoms with Crippen LogP contribution in [0.2, 0.25) is 0 Å². The number of carbonyl (C=O) groups is 2. The number of benzene rings is 1. The molecule has 1 aliphatic rings. The van der Waals surface area contributed by atoms with Gasteiger partial charge in [0.15, 0.2) is 0 Å². The molecule has 3 rings (SSSR count). The Morgan fingerprint density at radius 2 is 1.83 bits per heavy atom. The summed E-state index contributed by atoms with van der Waals surface area (Å²) >= 11 is 1.35. The number of hydrogen-bond donors (Lipinski definition) is 2. The molecule has 0 atom stereocenters. The first-order valence-electron chi connectivity index (χ1n) is 7.74. The number of aliphatic carboxylic acids is 1. The fourth-order valence-electron chi connectivity index (χ4n) is 2.75. The molecule has 2 N–H and O–H groups in total. The van der Waals surface area contributed by atoms with Crippen molar-refractivity contribution in [1.29, 1.82) is 0 Å². The van der Waals surface area contributed by atoms with Crippen LogP contribution in [0.5, 0.6) is 0 Å². The molecule has 1 heterocycles. The summed E-state index contributed by atoms with van der Waals surface area (Å²) in [6.07, 6.45) is 2.05. The molecule has 1 aliphatic carbocycles. The number of amides is 1. The van der Waals surface area contributed by atoms with Crippen LogP contribution >= 0.6 is 11.3 Å². The van der Waals surface area contributed by atoms with E-state index in [0.29, 0.717) is 4.88 Å². The minimum atomic E-state index is -1.03. The Bertz CT molecular complexity index is 762. The van der Waals surface area contributed by atoms with Gasteiger partial charge in [0.05, 0.1) is 11.5 Å². The summed E-state index contributed by atoms with van der Waals surface area (Å²) in [5.74, 6) is -1.32. The molecule has 1 saturated carbocycles. The smallest absolute Gasteiger partial charge is 0.323 e. The third-order valence-corrected chi connectivity index (χ3v) is 5.60. The quantitative estimate of drug-likeness (QED) is 0.843. The normalized spacial score (nSPS) is 15.1. The zero-order chi connectivity index (χ0) is 17.3. The molecular formula is C18H19NO4S. The Balaban J connectivity index is 1.76. The molecule has 6 heteroatoms. The minimum absolute atomic E-state index is 0.0470. The van der Waals surface area contributed by atoms with E-state index in [0.717, 1.165) is 28.8 Å². The van der Waals surface area contributed by atoms with E-state index >= 15 is 0 Å². The Morgan fingerprint density at radius 3 is 2.38 bits per heavy atom. The van der Waals surface area contributed by atoms with Gasteiger partial charge in [0, 0.05) is 17.3 Å². The number of aliphatic hydroxyl groups excluding tert-OH is 1. The fourth-order valence-corrected chi connectivity index (χ4v) is 3.75. The number of aliphatic hydroxyl groups is 1. The van der Waals surface area contributed by atoms with E-state index in [-0.39, 0.29) is 24.5 Å². The average molecular weight is 345 g/mol. The number of carbonyl (C=O) groups excluding carboxylic acids is 1. The van der Waals surface area contributed by atoms with Crippen molar-refractivity contribution in [2.24, 2.45) is 0 Å². The summed E-state index contributed by atoms with van der Waals surface area (Å²) in [4.78, 5) is 25.6. The van der Waals surface area contributed by atoms with Gasteiger partial charge in [-0.1, -0.05) is 24.3 Å². The first kappa shape index (κ1) is 16.7. The van der Waals surface area contributed by atoms with Gasteiger partial charge in [-0.25, -0.2) is 0 Å². The first-order chi connectivity index (χ1) is 11.4. The van der Waals surface area contributed by atoms with Crippen molar-refractivity contribution in [2.75, 3.05) is 20.2 Å². The summed E-state index contributed by atoms with van der Waals surface area (Å²) < 4.78 is 0. The van der Waals surface area contributed by atoms with Crippen LogP contribution < -0.4 is 0 Å². The van der Waals surface area contributed by atoms with E-state index in [1.54, 1.807) is 6.07 Å². The summed E-state index contributed by atoms with van der Waals surface area (Å²) in [6.45, 7) is -0.135. The molecule has 1 aromatic heterocycles. The number of nitrogens with zero attached hydrogens (tertiary/aromatic N) is 1. The van der Waals surface area contributed by atoms with Gasteiger partial charge in [-0.3, -0.25) is 9.59 Å². The van der Waals surface area contributed by atoms with Gasteiger partial charge in [0.1, 0.15) is 6.54 Å². The maximum Gasteiger partial charge on any atom is 0.323 e. The van der Waals surface area contributed by atoms with Crippen molar-refractivity contribution < 1.29 is 19.8 Å². The first-order valence-corrected chi connectivity index (χ1v) is 8.56. The Labute approximate surface area is 144 Å². The molecule has 126 valence electrons. The average Bonchev–Trinajstić information content (AvgIpc) is 3.22. The number of likely N-dealkylation sites (N-methyl/N-ethyl adjacent to an activating group) is 1. The van der Waals surface area contributed by atoms with Gasteiger partial charge in [-0.2, -0.15) is 0 Å². The zero-order valence-corrected chi connectivity index (χ0v) is 14.2. The number of carboxylic acids is 1. The number of rotatable bonds is 6. The Morgan fingerprint density at radius 1 is 1.17 bits per heavy atom. The van der Waals surface area contributed by atoms with Crippen LogP contribution in [-0.2, 0) is 10.2 Å². The fraction of sp³-hybridized carbons (Fsp3) is 0.333. The number of thiophene rings is 1. The molecule has 0 unspecified atom stereocenters. The second-order valence-electron chi connectivity index (χ2n) is 6.23. The highest BCUT2D eigenvalue weighted by Gasteiger charge is 2.43. The van der Waals surface area contributed by atoms with Crippen LogP contribution in [0.3, 0.4) is 0 Å². The van der Waals surface area contributed by atoms with Crippen LogP contribution in [0.4, 0.5) is 0 Å². The molecule has 24 heavy (non-hydrogen) atoms. The molecule has 1 amide bonds. The Hall–Kier alpha value is -2.18. The highest BCUT2D eigenvalue weighted by molar-refractivity contribution is 7.17. The molecule has 0 saturated heterocycles. The van der Waals surface area contributed by atoms with E-state index in [2.05, 4.69) is 0 Å². The number of hydrogen-bond acceptors (Lipinski definition) is 4. The van der Waals surface area contributed by atoms with Gasteiger partial charge in [0.2, 0.25) is 0 Å². The number of carboxylic acid groups (broad SMARTS) is 1. The standard InChI is InChI=1S/C18H19NO4S/c1-19(10-16(21)22)17(23)15-7-6-14(24-15)12-2-4-13(5-3-12)18(11-20)8-9-18/h2-7,20H,8-11H2,1H3,(H,21,22). The lowest BCUT2D eigenvalue weighted by Gasteiger charge is -2.13. The third kappa shape index (κ3) is 3.20. The summed E-state index contributed by atoms with van der Waals surface area (Å²) in [5, 5.41) is 18.3.